The number of hydrogen-bond acceptors (Lipinski definition) is 4. The molecule has 0 amide bonds. The Morgan fingerprint density at radius 2 is 2.18 bits per heavy atom. The smallest absolute Gasteiger partial charge is 0.295 e. The Bertz CT molecular complexity index is 608. The third-order valence-electron chi connectivity index (χ3n) is 2.22. The third kappa shape index (κ3) is 2.74. The molecule has 0 aromatic heterocycles. The molecular formula is C10H9BrN2O3S. The van der Waals surface area contributed by atoms with Gasteiger partial charge in [0, 0.05) is 21.9 Å². The number of aliphatic imine (C=N–C) groups is 1. The molecule has 90 valence electrons. The van der Waals surface area contributed by atoms with E-state index in [2.05, 4.69) is 26.2 Å². The molecule has 7 heteroatoms. The van der Waals surface area contributed by atoms with Crippen LogP contribution in [0.3, 0.4) is 0 Å². The van der Waals surface area contributed by atoms with Crippen LogP contribution in [0.15, 0.2) is 38.6 Å². The Kier molecular flexibility index (Phi) is 3.32. The summed E-state index contributed by atoms with van der Waals surface area (Å²) in [7, 11) is -4.25. The van der Waals surface area contributed by atoms with E-state index in [9.17, 15) is 8.42 Å². The molecule has 1 aromatic carbocycles. The molecule has 1 aliphatic rings. The first kappa shape index (κ1) is 12.3. The first-order valence-corrected chi connectivity index (χ1v) is 6.93. The molecule has 1 aromatic rings. The van der Waals surface area contributed by atoms with Crippen molar-refractivity contribution in [1.82, 2.24) is 5.32 Å². The number of halogens is 1. The van der Waals surface area contributed by atoms with Gasteiger partial charge in [0.25, 0.3) is 10.1 Å². The molecule has 2 rings (SSSR count). The highest BCUT2D eigenvalue weighted by Crippen LogP contribution is 2.26. The summed E-state index contributed by atoms with van der Waals surface area (Å²) in [5, 5.41) is 2.94. The van der Waals surface area contributed by atoms with Crippen LogP contribution in [0.1, 0.15) is 5.56 Å². The van der Waals surface area contributed by atoms with Crippen LogP contribution < -0.4 is 5.32 Å². The van der Waals surface area contributed by atoms with Gasteiger partial charge >= 0.3 is 0 Å². The first-order valence-electron chi connectivity index (χ1n) is 4.70. The lowest BCUT2D eigenvalue weighted by atomic mass is 10.1. The Balaban J connectivity index is 2.63. The van der Waals surface area contributed by atoms with E-state index >= 15 is 0 Å². The van der Waals surface area contributed by atoms with E-state index in [1.807, 2.05) is 0 Å². The van der Waals surface area contributed by atoms with E-state index in [0.29, 0.717) is 17.9 Å². The number of hydrogen-bond donors (Lipinski definition) is 2. The van der Waals surface area contributed by atoms with E-state index < -0.39 is 10.1 Å². The van der Waals surface area contributed by atoms with Crippen LogP contribution in [0.5, 0.6) is 0 Å². The summed E-state index contributed by atoms with van der Waals surface area (Å²) in [6, 6.07) is 4.54. The van der Waals surface area contributed by atoms with Crippen LogP contribution >= 0.6 is 15.9 Å². The maximum atomic E-state index is 11.3. The lowest BCUT2D eigenvalue weighted by Crippen LogP contribution is -2.17. The number of nitrogens with zero attached hydrogens (tertiary/aromatic N) is 1. The van der Waals surface area contributed by atoms with Crippen molar-refractivity contribution >= 4 is 38.0 Å². The van der Waals surface area contributed by atoms with Gasteiger partial charge in [0.2, 0.25) is 0 Å². The second-order valence-corrected chi connectivity index (χ2v) is 5.67. The van der Waals surface area contributed by atoms with Gasteiger partial charge in [-0.05, 0) is 24.3 Å². The van der Waals surface area contributed by atoms with Crippen molar-refractivity contribution in [1.29, 1.82) is 0 Å². The number of nitrogens with one attached hydrogen (secondary N) is 1. The number of benzene rings is 1. The largest absolute Gasteiger partial charge is 0.366 e. The molecule has 0 unspecified atom stereocenters. The van der Waals surface area contributed by atoms with Gasteiger partial charge in [0.1, 0.15) is 11.6 Å². The molecule has 17 heavy (non-hydrogen) atoms. The molecule has 0 fully saturated rings. The normalized spacial score (nSPS) is 15.3. The summed E-state index contributed by atoms with van der Waals surface area (Å²) in [5.74, 6) is 0. The van der Waals surface area contributed by atoms with Gasteiger partial charge in [0.15, 0.2) is 0 Å². The Hall–Kier alpha value is -1.18. The fourth-order valence-electron chi connectivity index (χ4n) is 1.49. The van der Waals surface area contributed by atoms with Gasteiger partial charge in [-0.3, -0.25) is 9.55 Å². The van der Waals surface area contributed by atoms with E-state index in [0.717, 1.165) is 4.47 Å². The lowest BCUT2D eigenvalue weighted by molar-refractivity contribution is 0.483. The van der Waals surface area contributed by atoms with Crippen molar-refractivity contribution < 1.29 is 13.0 Å². The minimum Gasteiger partial charge on any atom is -0.366 e. The van der Waals surface area contributed by atoms with Crippen LogP contribution in [0.25, 0.3) is 5.70 Å². The number of allylic oxidation sites excluding steroid dienone is 1. The molecule has 1 aliphatic heterocycles. The number of rotatable bonds is 2. The topological polar surface area (TPSA) is 78.8 Å². The van der Waals surface area contributed by atoms with Crippen LogP contribution in [0.2, 0.25) is 0 Å². The van der Waals surface area contributed by atoms with Crippen LogP contribution in [0, 0.1) is 0 Å². The predicted molar refractivity (Wildman–Crippen MR) is 68.4 cm³/mol. The molecule has 0 radical (unpaired) electrons. The molecule has 0 saturated heterocycles. The third-order valence-corrected chi connectivity index (χ3v) is 3.62. The second kappa shape index (κ2) is 4.59. The van der Waals surface area contributed by atoms with Gasteiger partial charge in [-0.1, -0.05) is 15.9 Å². The summed E-state index contributed by atoms with van der Waals surface area (Å²) in [6.07, 6.45) is 3.24. The molecule has 0 aliphatic carbocycles. The zero-order chi connectivity index (χ0) is 12.5. The molecule has 5 nitrogen and oxygen atoms in total. The zero-order valence-electron chi connectivity index (χ0n) is 8.59. The minimum absolute atomic E-state index is 0.130. The van der Waals surface area contributed by atoms with Gasteiger partial charge in [0.05, 0.1) is 0 Å². The summed E-state index contributed by atoms with van der Waals surface area (Å²) in [5.41, 5.74) is 1.02. The van der Waals surface area contributed by atoms with Crippen LogP contribution in [-0.4, -0.2) is 25.9 Å². The molecule has 0 spiro atoms. The summed E-state index contributed by atoms with van der Waals surface area (Å²) in [4.78, 5) is 3.80. The van der Waals surface area contributed by atoms with Crippen molar-refractivity contribution in [3.05, 3.63) is 34.3 Å². The summed E-state index contributed by atoms with van der Waals surface area (Å²) < 4.78 is 32.4. The van der Waals surface area contributed by atoms with Crippen molar-refractivity contribution in [2.75, 3.05) is 6.67 Å². The Morgan fingerprint density at radius 1 is 1.41 bits per heavy atom. The predicted octanol–water partition coefficient (Wildman–Crippen LogP) is 1.67. The highest BCUT2D eigenvalue weighted by atomic mass is 79.9. The summed E-state index contributed by atoms with van der Waals surface area (Å²) in [6.45, 7) is 0.378. The average Bonchev–Trinajstić information content (AvgIpc) is 2.28. The van der Waals surface area contributed by atoms with Gasteiger partial charge in [-0.15, -0.1) is 0 Å². The SMILES string of the molecule is O=S(=O)(O)c1ccc(Br)cc1C1=CC=NCN1. The minimum atomic E-state index is -4.25. The highest BCUT2D eigenvalue weighted by molar-refractivity contribution is 9.10. The molecule has 0 bridgehead atoms. The van der Waals surface area contributed by atoms with E-state index in [1.165, 1.54) is 6.07 Å². The molecule has 1 heterocycles. The van der Waals surface area contributed by atoms with Crippen LogP contribution in [0.4, 0.5) is 0 Å². The second-order valence-electron chi connectivity index (χ2n) is 3.36. The van der Waals surface area contributed by atoms with Crippen LogP contribution in [-0.2, 0) is 10.1 Å². The van der Waals surface area contributed by atoms with Crippen molar-refractivity contribution in [2.45, 2.75) is 4.90 Å². The molecule has 0 atom stereocenters. The van der Waals surface area contributed by atoms with Gasteiger partial charge in [-0.2, -0.15) is 8.42 Å². The van der Waals surface area contributed by atoms with Crippen molar-refractivity contribution in [3.63, 3.8) is 0 Å². The summed E-state index contributed by atoms with van der Waals surface area (Å²) >= 11 is 3.26. The lowest BCUT2D eigenvalue weighted by Gasteiger charge is -2.14. The van der Waals surface area contributed by atoms with Crippen molar-refractivity contribution in [2.24, 2.45) is 4.99 Å². The maximum absolute atomic E-state index is 11.3. The fourth-order valence-corrected chi connectivity index (χ4v) is 2.54. The zero-order valence-corrected chi connectivity index (χ0v) is 11.0. The van der Waals surface area contributed by atoms with Crippen molar-refractivity contribution in [3.8, 4) is 0 Å². The van der Waals surface area contributed by atoms with E-state index in [4.69, 9.17) is 4.55 Å². The Morgan fingerprint density at radius 3 is 2.76 bits per heavy atom. The van der Waals surface area contributed by atoms with Gasteiger partial charge < -0.3 is 5.32 Å². The molecule has 0 saturated carbocycles. The quantitative estimate of drug-likeness (QED) is 0.813. The Labute approximate surface area is 107 Å². The maximum Gasteiger partial charge on any atom is 0.295 e. The van der Waals surface area contributed by atoms with Gasteiger partial charge in [-0.25, -0.2) is 0 Å². The van der Waals surface area contributed by atoms with E-state index in [1.54, 1.807) is 24.4 Å². The average molecular weight is 317 g/mol. The fraction of sp³-hybridized carbons (Fsp3) is 0.100. The highest BCUT2D eigenvalue weighted by Gasteiger charge is 2.18. The molecular weight excluding hydrogens is 308 g/mol. The molecule has 2 N–H and O–H groups in total. The van der Waals surface area contributed by atoms with E-state index in [-0.39, 0.29) is 4.90 Å². The monoisotopic (exact) mass is 316 g/mol. The first-order chi connectivity index (χ1) is 7.98. The standard InChI is InChI=1S/C10H9BrN2O3S/c11-7-1-2-10(17(14,15)16)8(5-7)9-3-4-12-6-13-9/h1-5,13H,6H2,(H,14,15,16).